The number of aryl methyl sites for hydroxylation is 1. The molecule has 2 heteroatoms. The van der Waals surface area contributed by atoms with Gasteiger partial charge in [-0.25, -0.2) is 4.39 Å². The molecule has 0 aliphatic heterocycles. The van der Waals surface area contributed by atoms with Gasteiger partial charge in [-0.3, -0.25) is 4.79 Å². The molecule has 0 N–H and O–H groups in total. The number of halogens is 1. The third kappa shape index (κ3) is 2.02. The van der Waals surface area contributed by atoms with Crippen molar-refractivity contribution in [2.45, 2.75) is 13.3 Å². The molecule has 1 aromatic carbocycles. The quantitative estimate of drug-likeness (QED) is 0.513. The minimum absolute atomic E-state index is 0.0900. The molecule has 0 aliphatic rings. The number of benzene rings is 1. The van der Waals surface area contributed by atoms with Gasteiger partial charge in [-0.2, -0.15) is 0 Å². The first-order valence-electron chi connectivity index (χ1n) is 4.14. The molecule has 0 amide bonds. The highest BCUT2D eigenvalue weighted by atomic mass is 19.1. The summed E-state index contributed by atoms with van der Waals surface area (Å²) in [6.07, 6.45) is 1.88. The van der Waals surface area contributed by atoms with Crippen LogP contribution in [0.2, 0.25) is 0 Å². The SMILES string of the molecule is C=CC(=O)c1ccc(CC)cc1F. The van der Waals surface area contributed by atoms with Crippen LogP contribution in [0.5, 0.6) is 0 Å². The largest absolute Gasteiger partial charge is 0.289 e. The second-order valence-electron chi connectivity index (χ2n) is 2.74. The first kappa shape index (κ1) is 9.65. The van der Waals surface area contributed by atoms with E-state index in [2.05, 4.69) is 6.58 Å². The van der Waals surface area contributed by atoms with Crippen molar-refractivity contribution in [1.29, 1.82) is 0 Å². The summed E-state index contributed by atoms with van der Waals surface area (Å²) in [5.41, 5.74) is 0.977. The Morgan fingerprint density at radius 3 is 2.77 bits per heavy atom. The normalized spacial score (nSPS) is 9.69. The third-order valence-electron chi connectivity index (χ3n) is 1.89. The number of hydrogen-bond donors (Lipinski definition) is 0. The molecule has 0 aromatic heterocycles. The van der Waals surface area contributed by atoms with Gasteiger partial charge in [-0.15, -0.1) is 0 Å². The molecule has 1 rings (SSSR count). The van der Waals surface area contributed by atoms with Crippen LogP contribution in [0.1, 0.15) is 22.8 Å². The maximum absolute atomic E-state index is 13.2. The van der Waals surface area contributed by atoms with E-state index in [-0.39, 0.29) is 11.3 Å². The number of allylic oxidation sites excluding steroid dienone is 1. The van der Waals surface area contributed by atoms with Crippen LogP contribution in [0, 0.1) is 5.82 Å². The zero-order chi connectivity index (χ0) is 9.84. The Kier molecular flexibility index (Phi) is 2.96. The van der Waals surface area contributed by atoms with Crippen LogP contribution in [0.15, 0.2) is 30.9 Å². The molecule has 1 nitrogen and oxygen atoms in total. The van der Waals surface area contributed by atoms with Crippen molar-refractivity contribution in [2.75, 3.05) is 0 Å². The Morgan fingerprint density at radius 1 is 1.62 bits per heavy atom. The molecule has 0 unspecified atom stereocenters. The average molecular weight is 178 g/mol. The summed E-state index contributed by atoms with van der Waals surface area (Å²) in [6.45, 7) is 5.24. The van der Waals surface area contributed by atoms with Gasteiger partial charge in [0.05, 0.1) is 5.56 Å². The summed E-state index contributed by atoms with van der Waals surface area (Å²) >= 11 is 0. The minimum Gasteiger partial charge on any atom is -0.289 e. The fourth-order valence-electron chi connectivity index (χ4n) is 1.09. The van der Waals surface area contributed by atoms with Crippen molar-refractivity contribution in [3.05, 3.63) is 47.8 Å². The Labute approximate surface area is 76.9 Å². The smallest absolute Gasteiger partial charge is 0.188 e. The van der Waals surface area contributed by atoms with Crippen molar-refractivity contribution in [2.24, 2.45) is 0 Å². The van der Waals surface area contributed by atoms with Gasteiger partial charge in [0.2, 0.25) is 0 Å². The summed E-state index contributed by atoms with van der Waals surface area (Å²) in [5, 5.41) is 0. The van der Waals surface area contributed by atoms with Gasteiger partial charge < -0.3 is 0 Å². The summed E-state index contributed by atoms with van der Waals surface area (Å²) < 4.78 is 13.2. The number of carbonyl (C=O) groups excluding carboxylic acids is 1. The minimum atomic E-state index is -0.468. The Balaban J connectivity index is 3.12. The number of carbonyl (C=O) groups is 1. The van der Waals surface area contributed by atoms with Crippen LogP contribution in [0.25, 0.3) is 0 Å². The highest BCUT2D eigenvalue weighted by Crippen LogP contribution is 2.11. The van der Waals surface area contributed by atoms with Gasteiger partial charge in [0, 0.05) is 0 Å². The fourth-order valence-corrected chi connectivity index (χ4v) is 1.09. The molecular weight excluding hydrogens is 167 g/mol. The van der Waals surface area contributed by atoms with Crippen molar-refractivity contribution >= 4 is 5.78 Å². The van der Waals surface area contributed by atoms with E-state index in [4.69, 9.17) is 0 Å². The third-order valence-corrected chi connectivity index (χ3v) is 1.89. The van der Waals surface area contributed by atoms with E-state index in [1.54, 1.807) is 6.07 Å². The summed E-state index contributed by atoms with van der Waals surface area (Å²) in [6, 6.07) is 4.63. The van der Waals surface area contributed by atoms with Gasteiger partial charge in [0.1, 0.15) is 5.82 Å². The maximum atomic E-state index is 13.2. The predicted octanol–water partition coefficient (Wildman–Crippen LogP) is 2.76. The van der Waals surface area contributed by atoms with Crippen molar-refractivity contribution < 1.29 is 9.18 Å². The molecule has 0 heterocycles. The topological polar surface area (TPSA) is 17.1 Å². The molecule has 0 radical (unpaired) electrons. The molecule has 0 bridgehead atoms. The zero-order valence-corrected chi connectivity index (χ0v) is 7.51. The van der Waals surface area contributed by atoms with Gasteiger partial charge in [-0.1, -0.05) is 19.6 Å². The van der Waals surface area contributed by atoms with Crippen LogP contribution in [-0.2, 0) is 6.42 Å². The summed E-state index contributed by atoms with van der Waals surface area (Å²) in [7, 11) is 0. The molecule has 0 spiro atoms. The van der Waals surface area contributed by atoms with Gasteiger partial charge >= 0.3 is 0 Å². The number of ketones is 1. The van der Waals surface area contributed by atoms with Crippen LogP contribution in [0.3, 0.4) is 0 Å². The van der Waals surface area contributed by atoms with E-state index < -0.39 is 5.82 Å². The van der Waals surface area contributed by atoms with Crippen LogP contribution in [0.4, 0.5) is 4.39 Å². The summed E-state index contributed by atoms with van der Waals surface area (Å²) in [5.74, 6) is -0.843. The lowest BCUT2D eigenvalue weighted by Crippen LogP contribution is -1.98. The Bertz CT molecular complexity index is 342. The molecule has 0 fully saturated rings. The highest BCUT2D eigenvalue weighted by molar-refractivity contribution is 6.04. The molecular formula is C11H11FO. The van der Waals surface area contributed by atoms with Gasteiger partial charge in [0.25, 0.3) is 0 Å². The van der Waals surface area contributed by atoms with Crippen LogP contribution < -0.4 is 0 Å². The van der Waals surface area contributed by atoms with Gasteiger partial charge in [-0.05, 0) is 30.2 Å². The van der Waals surface area contributed by atoms with Crippen molar-refractivity contribution in [3.63, 3.8) is 0 Å². The monoisotopic (exact) mass is 178 g/mol. The van der Waals surface area contributed by atoms with Crippen molar-refractivity contribution in [3.8, 4) is 0 Å². The standard InChI is InChI=1S/C11H11FO/c1-3-8-5-6-9(10(12)7-8)11(13)4-2/h4-7H,2-3H2,1H3. The predicted molar refractivity (Wildman–Crippen MR) is 50.3 cm³/mol. The van der Waals surface area contributed by atoms with Gasteiger partial charge in [0.15, 0.2) is 5.78 Å². The maximum Gasteiger partial charge on any atom is 0.188 e. The molecule has 0 saturated carbocycles. The molecule has 13 heavy (non-hydrogen) atoms. The van der Waals surface area contributed by atoms with E-state index in [9.17, 15) is 9.18 Å². The summed E-state index contributed by atoms with van der Waals surface area (Å²) in [4.78, 5) is 11.1. The lowest BCUT2D eigenvalue weighted by atomic mass is 10.1. The Hall–Kier alpha value is -1.44. The molecule has 0 saturated heterocycles. The van der Waals surface area contributed by atoms with E-state index in [0.717, 1.165) is 18.1 Å². The van der Waals surface area contributed by atoms with E-state index >= 15 is 0 Å². The molecule has 0 aliphatic carbocycles. The fraction of sp³-hybridized carbons (Fsp3) is 0.182. The van der Waals surface area contributed by atoms with Crippen LogP contribution in [-0.4, -0.2) is 5.78 Å². The van der Waals surface area contributed by atoms with Crippen molar-refractivity contribution in [1.82, 2.24) is 0 Å². The first-order chi connectivity index (χ1) is 6.19. The lowest BCUT2D eigenvalue weighted by Gasteiger charge is -2.00. The second-order valence-corrected chi connectivity index (χ2v) is 2.74. The number of rotatable bonds is 3. The van der Waals surface area contributed by atoms with E-state index in [1.807, 2.05) is 6.92 Å². The number of hydrogen-bond acceptors (Lipinski definition) is 1. The molecule has 0 atom stereocenters. The lowest BCUT2D eigenvalue weighted by molar-refractivity contribution is 0.104. The van der Waals surface area contributed by atoms with E-state index in [1.165, 1.54) is 12.1 Å². The average Bonchev–Trinajstić information content (AvgIpc) is 2.16. The Morgan fingerprint density at radius 2 is 2.31 bits per heavy atom. The highest BCUT2D eigenvalue weighted by Gasteiger charge is 2.07. The van der Waals surface area contributed by atoms with E-state index in [0.29, 0.717) is 0 Å². The van der Waals surface area contributed by atoms with Crippen LogP contribution >= 0.6 is 0 Å². The zero-order valence-electron chi connectivity index (χ0n) is 7.51. The first-order valence-corrected chi connectivity index (χ1v) is 4.14. The second kappa shape index (κ2) is 3.99. The molecule has 1 aromatic rings. The molecule has 68 valence electrons.